The van der Waals surface area contributed by atoms with E-state index in [1.807, 2.05) is 0 Å². The molecule has 0 rings (SSSR count). The molecular weight excluding hydrogens is 316 g/mol. The van der Waals surface area contributed by atoms with Crippen molar-refractivity contribution in [2.24, 2.45) is 0 Å². The number of hydrogen-bond acceptors (Lipinski definition) is 6. The molecule has 0 aromatic rings. The molecule has 0 spiro atoms. The molecule has 0 bridgehead atoms. The predicted molar refractivity (Wildman–Crippen MR) is 81.5 cm³/mol. The Morgan fingerprint density at radius 3 is 1.32 bits per heavy atom. The van der Waals surface area contributed by atoms with Crippen molar-refractivity contribution in [1.29, 1.82) is 0 Å². The standard InChI is InChI=1S/3C5H8O2.Ca/c1-3-5(6)7-4-2;2*1-3-4(2)5(6)7;/h3H,1,4H2,2H3;2*2-3H2,1H3,(H,6,7);/q;;;+2/p-2. The summed E-state index contributed by atoms with van der Waals surface area (Å²) in [5.41, 5.74) is 0.306. The van der Waals surface area contributed by atoms with Gasteiger partial charge in [-0.15, -0.1) is 0 Å². The van der Waals surface area contributed by atoms with Crippen LogP contribution < -0.4 is 10.2 Å². The number of ether oxygens (including phenoxy) is 1. The van der Waals surface area contributed by atoms with Crippen molar-refractivity contribution in [2.75, 3.05) is 6.61 Å². The van der Waals surface area contributed by atoms with E-state index in [4.69, 9.17) is 0 Å². The molecule has 6 nitrogen and oxygen atoms in total. The summed E-state index contributed by atoms with van der Waals surface area (Å²) in [6.07, 6.45) is 2.06. The van der Waals surface area contributed by atoms with Crippen LogP contribution in [-0.4, -0.2) is 62.3 Å². The van der Waals surface area contributed by atoms with E-state index < -0.39 is 11.9 Å². The van der Waals surface area contributed by atoms with Gasteiger partial charge in [-0.25, -0.2) is 4.79 Å². The van der Waals surface area contributed by atoms with E-state index in [1.165, 1.54) is 0 Å². The van der Waals surface area contributed by atoms with Crippen LogP contribution in [0.3, 0.4) is 0 Å². The summed E-state index contributed by atoms with van der Waals surface area (Å²) < 4.78 is 4.43. The van der Waals surface area contributed by atoms with Crippen molar-refractivity contribution in [3.8, 4) is 0 Å². The number of carboxylic acids is 2. The first kappa shape index (κ1) is 29.0. The third kappa shape index (κ3) is 23.9. The van der Waals surface area contributed by atoms with Crippen molar-refractivity contribution >= 4 is 55.6 Å². The van der Waals surface area contributed by atoms with Gasteiger partial charge < -0.3 is 24.5 Å². The molecule has 0 aliphatic rings. The second-order valence-corrected chi connectivity index (χ2v) is 3.45. The SMILES string of the molecule is C=C(CC)C(=O)[O-].C=C(CC)C(=O)[O-].C=CC(=O)OCC.[Ca+2]. The summed E-state index contributed by atoms with van der Waals surface area (Å²) in [6, 6.07) is 0. The normalized spacial score (nSPS) is 7.59. The number of hydrogen-bond donors (Lipinski definition) is 0. The third-order valence-electron chi connectivity index (χ3n) is 1.88. The minimum absolute atomic E-state index is 0. The van der Waals surface area contributed by atoms with E-state index in [1.54, 1.807) is 20.8 Å². The number of esters is 1. The maximum absolute atomic E-state index is 10.1. The molecule has 0 amide bonds. The number of carbonyl (C=O) groups is 3. The van der Waals surface area contributed by atoms with Crippen LogP contribution in [0.5, 0.6) is 0 Å². The second kappa shape index (κ2) is 19.9. The van der Waals surface area contributed by atoms with Gasteiger partial charge in [0.05, 0.1) is 18.5 Å². The first-order valence-corrected chi connectivity index (χ1v) is 6.25. The van der Waals surface area contributed by atoms with Gasteiger partial charge in [-0.05, 0) is 30.9 Å². The number of carboxylic acid groups (broad SMARTS) is 2. The molecule has 0 radical (unpaired) electrons. The van der Waals surface area contributed by atoms with E-state index in [-0.39, 0.29) is 54.9 Å². The summed E-state index contributed by atoms with van der Waals surface area (Å²) in [5.74, 6) is -2.66. The van der Waals surface area contributed by atoms with Gasteiger partial charge in [0.1, 0.15) is 0 Å². The molecule has 7 heteroatoms. The Labute approximate surface area is 161 Å². The fraction of sp³-hybridized carbons (Fsp3) is 0.400. The van der Waals surface area contributed by atoms with Crippen LogP contribution in [0.2, 0.25) is 0 Å². The van der Waals surface area contributed by atoms with Gasteiger partial charge in [-0.3, -0.25) is 0 Å². The Morgan fingerprint density at radius 1 is 0.955 bits per heavy atom. The Kier molecular flexibility index (Phi) is 26.2. The van der Waals surface area contributed by atoms with Gasteiger partial charge in [0, 0.05) is 6.08 Å². The van der Waals surface area contributed by atoms with Crippen LogP contribution >= 0.6 is 0 Å². The molecule has 0 aromatic carbocycles. The Hall–Kier alpha value is -1.11. The molecule has 0 aliphatic heterocycles. The van der Waals surface area contributed by atoms with Crippen LogP contribution in [0.4, 0.5) is 0 Å². The van der Waals surface area contributed by atoms with Crippen LogP contribution in [-0.2, 0) is 19.1 Å². The van der Waals surface area contributed by atoms with Crippen molar-refractivity contribution in [2.45, 2.75) is 33.6 Å². The zero-order chi connectivity index (χ0) is 17.4. The van der Waals surface area contributed by atoms with Gasteiger partial charge in [0.25, 0.3) is 0 Å². The molecule has 0 atom stereocenters. The van der Waals surface area contributed by atoms with Crippen LogP contribution in [0.15, 0.2) is 37.0 Å². The molecule has 120 valence electrons. The Bertz CT molecular complexity index is 359. The van der Waals surface area contributed by atoms with Gasteiger partial charge in [-0.2, -0.15) is 0 Å². The van der Waals surface area contributed by atoms with Crippen molar-refractivity contribution in [3.05, 3.63) is 37.0 Å². The van der Waals surface area contributed by atoms with Crippen molar-refractivity contribution in [3.63, 3.8) is 0 Å². The van der Waals surface area contributed by atoms with E-state index in [2.05, 4.69) is 24.5 Å². The number of aliphatic carboxylic acids is 2. The topological polar surface area (TPSA) is 107 Å². The summed E-state index contributed by atoms with van der Waals surface area (Å²) in [7, 11) is 0. The summed E-state index contributed by atoms with van der Waals surface area (Å²) in [6.45, 7) is 15.2. The second-order valence-electron chi connectivity index (χ2n) is 3.45. The van der Waals surface area contributed by atoms with E-state index in [0.717, 1.165) is 6.08 Å². The molecule has 0 fully saturated rings. The quantitative estimate of drug-likeness (QED) is 0.376. The van der Waals surface area contributed by atoms with Gasteiger partial charge >= 0.3 is 43.7 Å². The number of rotatable bonds is 6. The maximum atomic E-state index is 10.1. The smallest absolute Gasteiger partial charge is 0.545 e. The average Bonchev–Trinajstić information content (AvgIpc) is 2.46. The zero-order valence-corrected chi connectivity index (χ0v) is 15.7. The first-order valence-electron chi connectivity index (χ1n) is 6.25. The van der Waals surface area contributed by atoms with E-state index in [0.29, 0.717) is 19.4 Å². The van der Waals surface area contributed by atoms with Crippen LogP contribution in [0.1, 0.15) is 33.6 Å². The Morgan fingerprint density at radius 2 is 1.27 bits per heavy atom. The predicted octanol–water partition coefficient (Wildman–Crippen LogP) is -0.240. The maximum Gasteiger partial charge on any atom is 2.00 e. The molecule has 0 N–H and O–H groups in total. The number of carbonyl (C=O) groups excluding carboxylic acids is 3. The van der Waals surface area contributed by atoms with Crippen LogP contribution in [0, 0.1) is 0 Å². The molecule has 0 aromatic heterocycles. The largest absolute Gasteiger partial charge is 2.00 e. The molecule has 0 saturated carbocycles. The fourth-order valence-electron chi connectivity index (χ4n) is 0.490. The molecule has 22 heavy (non-hydrogen) atoms. The van der Waals surface area contributed by atoms with Crippen LogP contribution in [0.25, 0.3) is 0 Å². The Balaban J connectivity index is -0.000000108. The fourth-order valence-corrected chi connectivity index (χ4v) is 0.490. The van der Waals surface area contributed by atoms with Gasteiger partial charge in [0.15, 0.2) is 0 Å². The van der Waals surface area contributed by atoms with E-state index >= 15 is 0 Å². The molecule has 0 aliphatic carbocycles. The molecule has 0 saturated heterocycles. The molecule has 0 unspecified atom stereocenters. The van der Waals surface area contributed by atoms with Gasteiger partial charge in [0.2, 0.25) is 0 Å². The third-order valence-corrected chi connectivity index (χ3v) is 1.88. The molecule has 0 heterocycles. The van der Waals surface area contributed by atoms with Crippen molar-refractivity contribution in [1.82, 2.24) is 0 Å². The van der Waals surface area contributed by atoms with Gasteiger partial charge in [-0.1, -0.05) is 33.6 Å². The zero-order valence-electron chi connectivity index (χ0n) is 13.5. The average molecular weight is 338 g/mol. The molecular formula is C15H22CaO6. The van der Waals surface area contributed by atoms with E-state index in [9.17, 15) is 24.6 Å². The monoisotopic (exact) mass is 338 g/mol. The minimum atomic E-state index is -1.15. The van der Waals surface area contributed by atoms with Crippen molar-refractivity contribution < 1.29 is 29.3 Å². The summed E-state index contributed by atoms with van der Waals surface area (Å²) >= 11 is 0. The summed E-state index contributed by atoms with van der Waals surface area (Å²) in [4.78, 5) is 29.5. The first-order chi connectivity index (χ1) is 9.67. The summed E-state index contributed by atoms with van der Waals surface area (Å²) in [5, 5.41) is 19.4. The minimum Gasteiger partial charge on any atom is -0.545 e.